The topological polar surface area (TPSA) is 98.1 Å². The first-order valence-electron chi connectivity index (χ1n) is 7.61. The van der Waals surface area contributed by atoms with E-state index < -0.39 is 18.4 Å². The monoisotopic (exact) mass is 357 g/mol. The highest BCUT2D eigenvalue weighted by Gasteiger charge is 2.20. The lowest BCUT2D eigenvalue weighted by Gasteiger charge is -2.08. The van der Waals surface area contributed by atoms with E-state index in [0.717, 1.165) is 11.4 Å². The fourth-order valence-electron chi connectivity index (χ4n) is 2.46. The lowest BCUT2D eigenvalue weighted by Crippen LogP contribution is -2.18. The second kappa shape index (κ2) is 7.81. The summed E-state index contributed by atoms with van der Waals surface area (Å²) in [5, 5.41) is 10.9. The number of carbonyl (C=O) groups is 2. The third-order valence-corrected chi connectivity index (χ3v) is 4.67. The lowest BCUT2D eigenvalue weighted by atomic mass is 10.1. The molecule has 0 bridgehead atoms. The number of nitrogens with zero attached hydrogens (tertiary/aromatic N) is 2. The third-order valence-electron chi connectivity index (χ3n) is 3.81. The molecule has 0 aliphatic carbocycles. The molecule has 2 N–H and O–H groups in total. The van der Waals surface area contributed by atoms with E-state index >= 15 is 0 Å². The van der Waals surface area contributed by atoms with Gasteiger partial charge in [0.1, 0.15) is 11.6 Å². The summed E-state index contributed by atoms with van der Waals surface area (Å²) in [7, 11) is 0. The molecule has 0 amide bonds. The normalized spacial score (nSPS) is 11.6. The molecule has 0 radical (unpaired) electrons. The molecule has 2 aromatic rings. The number of hydrogen-bond acceptors (Lipinski definition) is 6. The molecule has 0 aliphatic heterocycles. The van der Waals surface area contributed by atoms with Gasteiger partial charge in [-0.1, -0.05) is 6.07 Å². The van der Waals surface area contributed by atoms with Gasteiger partial charge >= 0.3 is 5.97 Å². The average Bonchev–Trinajstić information content (AvgIpc) is 3.16. The standard InChI is InChI=1S/C18H19N3O3S/c1-11-7-15(13(3)21(11)9-14-5-4-6-25-14)18(23)24-10-17(22)16(8-19)12(2)20/h4-7H,9-10,20H2,1-3H3/b16-12+. The Balaban J connectivity index is 2.12. The Bertz CT molecular complexity index is 866. The highest BCUT2D eigenvalue weighted by Crippen LogP contribution is 2.20. The van der Waals surface area contributed by atoms with Crippen molar-refractivity contribution in [3.63, 3.8) is 0 Å². The van der Waals surface area contributed by atoms with E-state index in [1.54, 1.807) is 23.5 Å². The summed E-state index contributed by atoms with van der Waals surface area (Å²) in [6.07, 6.45) is 0. The fourth-order valence-corrected chi connectivity index (χ4v) is 3.15. The van der Waals surface area contributed by atoms with E-state index in [-0.39, 0.29) is 11.3 Å². The van der Waals surface area contributed by atoms with Crippen molar-refractivity contribution in [1.29, 1.82) is 5.26 Å². The molecule has 0 aliphatic rings. The number of ether oxygens (including phenoxy) is 1. The Morgan fingerprint density at radius 3 is 2.68 bits per heavy atom. The van der Waals surface area contributed by atoms with Crippen LogP contribution >= 0.6 is 11.3 Å². The zero-order valence-electron chi connectivity index (χ0n) is 14.3. The number of thiophene rings is 1. The molecule has 2 aromatic heterocycles. The SMILES string of the molecule is C/C(N)=C(/C#N)C(=O)COC(=O)c1cc(C)n(Cc2cccs2)c1C. The minimum absolute atomic E-state index is 0.109. The van der Waals surface area contributed by atoms with Gasteiger partial charge in [-0.3, -0.25) is 4.79 Å². The first kappa shape index (κ1) is 18.5. The number of allylic oxidation sites excluding steroid dienone is 1. The molecule has 6 nitrogen and oxygen atoms in total. The maximum absolute atomic E-state index is 12.3. The predicted molar refractivity (Wildman–Crippen MR) is 95.1 cm³/mol. The summed E-state index contributed by atoms with van der Waals surface area (Å²) in [6.45, 7) is 5.37. The van der Waals surface area contributed by atoms with Crippen LogP contribution in [0.5, 0.6) is 0 Å². The van der Waals surface area contributed by atoms with Crippen LogP contribution in [0.15, 0.2) is 34.8 Å². The van der Waals surface area contributed by atoms with Crippen molar-refractivity contribution in [1.82, 2.24) is 4.57 Å². The molecule has 2 rings (SSSR count). The fraction of sp³-hybridized carbons (Fsp3) is 0.278. The molecule has 0 spiro atoms. The Kier molecular flexibility index (Phi) is 5.78. The number of Topliss-reactive ketones (excluding diaryl/α,β-unsaturated/α-hetero) is 1. The zero-order chi connectivity index (χ0) is 18.6. The number of nitriles is 1. The Hall–Kier alpha value is -2.85. The summed E-state index contributed by atoms with van der Waals surface area (Å²) in [4.78, 5) is 25.4. The van der Waals surface area contributed by atoms with Crippen molar-refractivity contribution < 1.29 is 14.3 Å². The van der Waals surface area contributed by atoms with Crippen LogP contribution in [0.2, 0.25) is 0 Å². The van der Waals surface area contributed by atoms with Crippen LogP contribution in [0.1, 0.15) is 33.5 Å². The minimum atomic E-state index is -0.608. The Labute approximate surface area is 150 Å². The molecule has 25 heavy (non-hydrogen) atoms. The molecule has 0 atom stereocenters. The van der Waals surface area contributed by atoms with Crippen LogP contribution in [0.4, 0.5) is 0 Å². The van der Waals surface area contributed by atoms with Gasteiger partial charge in [0.2, 0.25) is 5.78 Å². The Morgan fingerprint density at radius 2 is 2.12 bits per heavy atom. The van der Waals surface area contributed by atoms with Crippen LogP contribution in [0, 0.1) is 25.2 Å². The smallest absolute Gasteiger partial charge is 0.340 e. The summed E-state index contributed by atoms with van der Waals surface area (Å²) < 4.78 is 7.09. The van der Waals surface area contributed by atoms with Gasteiger partial charge in [0.15, 0.2) is 6.61 Å². The lowest BCUT2D eigenvalue weighted by molar-refractivity contribution is -0.118. The third kappa shape index (κ3) is 4.17. The van der Waals surface area contributed by atoms with Crippen molar-refractivity contribution in [2.75, 3.05) is 6.61 Å². The first-order valence-corrected chi connectivity index (χ1v) is 8.49. The zero-order valence-corrected chi connectivity index (χ0v) is 15.1. The molecular weight excluding hydrogens is 338 g/mol. The molecule has 0 saturated heterocycles. The summed E-state index contributed by atoms with van der Waals surface area (Å²) in [5.41, 5.74) is 7.51. The van der Waals surface area contributed by atoms with Gasteiger partial charge in [-0.2, -0.15) is 5.26 Å². The molecule has 130 valence electrons. The molecule has 0 aromatic carbocycles. The van der Waals surface area contributed by atoms with Gasteiger partial charge in [0.05, 0.1) is 12.1 Å². The average molecular weight is 357 g/mol. The predicted octanol–water partition coefficient (Wildman–Crippen LogP) is 2.70. The second-order valence-electron chi connectivity index (χ2n) is 5.62. The number of ketones is 1. The summed E-state index contributed by atoms with van der Waals surface area (Å²) in [6, 6.07) is 7.48. The molecule has 0 unspecified atom stereocenters. The van der Waals surface area contributed by atoms with Crippen molar-refractivity contribution in [3.05, 3.63) is 56.7 Å². The molecule has 2 heterocycles. The van der Waals surface area contributed by atoms with E-state index in [2.05, 4.69) is 0 Å². The van der Waals surface area contributed by atoms with Gasteiger partial charge in [0.25, 0.3) is 0 Å². The second-order valence-corrected chi connectivity index (χ2v) is 6.65. The molecule has 0 fully saturated rings. The van der Waals surface area contributed by atoms with Crippen molar-refractivity contribution in [2.45, 2.75) is 27.3 Å². The maximum Gasteiger partial charge on any atom is 0.340 e. The van der Waals surface area contributed by atoms with Gasteiger partial charge < -0.3 is 15.0 Å². The van der Waals surface area contributed by atoms with E-state index in [1.807, 2.05) is 35.9 Å². The van der Waals surface area contributed by atoms with Crippen molar-refractivity contribution in [2.24, 2.45) is 5.73 Å². The van der Waals surface area contributed by atoms with Crippen LogP contribution in [-0.4, -0.2) is 22.9 Å². The molecule has 0 saturated carbocycles. The molecular formula is C18H19N3O3S. The molecule has 7 heteroatoms. The number of carbonyl (C=O) groups excluding carboxylic acids is 2. The number of aromatic nitrogens is 1. The number of hydrogen-bond donors (Lipinski definition) is 1. The van der Waals surface area contributed by atoms with Crippen molar-refractivity contribution in [3.8, 4) is 6.07 Å². The van der Waals surface area contributed by atoms with Crippen molar-refractivity contribution >= 4 is 23.1 Å². The van der Waals surface area contributed by atoms with E-state index in [1.165, 1.54) is 11.8 Å². The van der Waals surface area contributed by atoms with E-state index in [0.29, 0.717) is 12.1 Å². The number of nitrogens with two attached hydrogens (primary N) is 1. The van der Waals surface area contributed by atoms with E-state index in [4.69, 9.17) is 15.7 Å². The summed E-state index contributed by atoms with van der Waals surface area (Å²) in [5.74, 6) is -1.20. The van der Waals surface area contributed by atoms with Crippen LogP contribution in [0.3, 0.4) is 0 Å². The first-order chi connectivity index (χ1) is 11.8. The highest BCUT2D eigenvalue weighted by atomic mass is 32.1. The van der Waals surface area contributed by atoms with Gasteiger partial charge in [-0.25, -0.2) is 4.79 Å². The van der Waals surface area contributed by atoms with Crippen LogP contribution in [-0.2, 0) is 16.1 Å². The number of aryl methyl sites for hydroxylation is 1. The highest BCUT2D eigenvalue weighted by molar-refractivity contribution is 7.09. The van der Waals surface area contributed by atoms with Gasteiger partial charge in [0, 0.05) is 22.0 Å². The van der Waals surface area contributed by atoms with Crippen LogP contribution in [0.25, 0.3) is 0 Å². The Morgan fingerprint density at radius 1 is 1.40 bits per heavy atom. The van der Waals surface area contributed by atoms with Crippen LogP contribution < -0.4 is 5.73 Å². The largest absolute Gasteiger partial charge is 0.454 e. The quantitative estimate of drug-likeness (QED) is 0.487. The number of esters is 1. The maximum atomic E-state index is 12.3. The minimum Gasteiger partial charge on any atom is -0.454 e. The van der Waals surface area contributed by atoms with E-state index in [9.17, 15) is 9.59 Å². The summed E-state index contributed by atoms with van der Waals surface area (Å²) >= 11 is 1.65. The van der Waals surface area contributed by atoms with Gasteiger partial charge in [-0.05, 0) is 38.3 Å². The number of rotatable bonds is 6. The van der Waals surface area contributed by atoms with Gasteiger partial charge in [-0.15, -0.1) is 11.3 Å².